The molecule has 116 valence electrons. The molecule has 1 aromatic heterocycles. The summed E-state index contributed by atoms with van der Waals surface area (Å²) in [6.45, 7) is 0. The highest BCUT2D eigenvalue weighted by Crippen LogP contribution is 2.18. The Balaban J connectivity index is 2.23. The van der Waals surface area contributed by atoms with Crippen LogP contribution in [0.25, 0.3) is 0 Å². The zero-order valence-electron chi connectivity index (χ0n) is 10.9. The van der Waals surface area contributed by atoms with E-state index in [0.29, 0.717) is 0 Å². The van der Waals surface area contributed by atoms with Gasteiger partial charge in [-0.1, -0.05) is 0 Å². The lowest BCUT2D eigenvalue weighted by Gasteiger charge is -2.06. The number of carbonyl (C=O) groups excluding carboxylic acids is 1. The molecule has 1 aromatic carbocycles. The first kappa shape index (κ1) is 15.8. The van der Waals surface area contributed by atoms with Crippen LogP contribution in [0.15, 0.2) is 52.3 Å². The highest BCUT2D eigenvalue weighted by Gasteiger charge is 2.26. The minimum Gasteiger partial charge on any atom is -0.327 e. The van der Waals surface area contributed by atoms with Gasteiger partial charge in [0.1, 0.15) is 5.69 Å². The molecule has 0 fully saturated rings. The third-order valence-corrected chi connectivity index (χ3v) is 4.14. The summed E-state index contributed by atoms with van der Waals surface area (Å²) in [6, 6.07) is 6.88. The van der Waals surface area contributed by atoms with Crippen LogP contribution in [-0.4, -0.2) is 25.1 Å². The molecule has 2 rings (SSSR count). The van der Waals surface area contributed by atoms with Crippen LogP contribution in [0.4, 0.5) is 14.5 Å². The third kappa shape index (κ3) is 3.19. The van der Waals surface area contributed by atoms with Gasteiger partial charge in [-0.3, -0.25) is 9.59 Å². The van der Waals surface area contributed by atoms with Crippen molar-refractivity contribution in [3.8, 4) is 0 Å². The van der Waals surface area contributed by atoms with E-state index in [1.165, 1.54) is 18.3 Å². The molecule has 0 aliphatic rings. The average Bonchev–Trinajstić information content (AvgIpc) is 2.49. The molecule has 0 unspecified atom stereocenters. The number of amides is 1. The molecular formula is C13H10F2N2O4S. The Morgan fingerprint density at radius 1 is 1.14 bits per heavy atom. The van der Waals surface area contributed by atoms with Crippen LogP contribution in [0.5, 0.6) is 0 Å². The molecule has 1 heterocycles. The van der Waals surface area contributed by atoms with Crippen molar-refractivity contribution in [1.29, 1.82) is 0 Å². The van der Waals surface area contributed by atoms with Crippen molar-refractivity contribution in [2.75, 3.05) is 5.32 Å². The van der Waals surface area contributed by atoms with Crippen LogP contribution in [0.1, 0.15) is 10.4 Å². The first-order valence-corrected chi connectivity index (χ1v) is 7.48. The standard InChI is InChI=1S/C13H10F2N2O4S/c14-13(15)22(20,21)9-5-3-8(4-6-9)11(18)17-10-2-1-7-16-12(10)19/h1-7,13H,(H,16,19)(H,17,18). The lowest BCUT2D eigenvalue weighted by molar-refractivity contribution is 0.102. The molecule has 1 amide bonds. The molecule has 0 aliphatic carbocycles. The van der Waals surface area contributed by atoms with Gasteiger partial charge >= 0.3 is 5.76 Å². The van der Waals surface area contributed by atoms with Gasteiger partial charge in [-0.25, -0.2) is 8.42 Å². The van der Waals surface area contributed by atoms with Crippen molar-refractivity contribution in [2.24, 2.45) is 0 Å². The first-order valence-electron chi connectivity index (χ1n) is 5.93. The molecular weight excluding hydrogens is 318 g/mol. The number of anilines is 1. The number of pyridine rings is 1. The van der Waals surface area contributed by atoms with Crippen molar-refractivity contribution in [3.63, 3.8) is 0 Å². The third-order valence-electron chi connectivity index (χ3n) is 2.75. The van der Waals surface area contributed by atoms with Gasteiger partial charge in [0.05, 0.1) is 4.90 Å². The molecule has 0 bridgehead atoms. The maximum absolute atomic E-state index is 12.4. The Morgan fingerprint density at radius 3 is 2.32 bits per heavy atom. The van der Waals surface area contributed by atoms with E-state index in [1.807, 2.05) is 0 Å². The number of carbonyl (C=O) groups is 1. The summed E-state index contributed by atoms with van der Waals surface area (Å²) in [6.07, 6.45) is 1.39. The van der Waals surface area contributed by atoms with Crippen LogP contribution >= 0.6 is 0 Å². The van der Waals surface area contributed by atoms with Gasteiger partial charge in [-0.15, -0.1) is 0 Å². The second-order valence-electron chi connectivity index (χ2n) is 4.20. The number of alkyl halides is 2. The smallest absolute Gasteiger partial charge is 0.327 e. The number of hydrogen-bond donors (Lipinski definition) is 2. The van der Waals surface area contributed by atoms with Gasteiger partial charge in [0, 0.05) is 11.8 Å². The molecule has 0 radical (unpaired) electrons. The summed E-state index contributed by atoms with van der Waals surface area (Å²) >= 11 is 0. The fraction of sp³-hybridized carbons (Fsp3) is 0.0769. The summed E-state index contributed by atoms with van der Waals surface area (Å²) in [7, 11) is -4.70. The number of nitrogens with one attached hydrogen (secondary N) is 2. The number of H-pyrrole nitrogens is 1. The second kappa shape index (κ2) is 6.06. The van der Waals surface area contributed by atoms with Crippen LogP contribution < -0.4 is 10.9 Å². The average molecular weight is 328 g/mol. The van der Waals surface area contributed by atoms with Crippen LogP contribution in [0, 0.1) is 0 Å². The number of sulfone groups is 1. The number of rotatable bonds is 4. The lowest BCUT2D eigenvalue weighted by atomic mass is 10.2. The molecule has 9 heteroatoms. The molecule has 0 saturated heterocycles. The maximum atomic E-state index is 12.4. The Bertz CT molecular complexity index is 845. The Kier molecular flexibility index (Phi) is 4.36. The Labute approximate surface area is 123 Å². The molecule has 2 aromatic rings. The fourth-order valence-corrected chi connectivity index (χ4v) is 2.33. The van der Waals surface area contributed by atoms with E-state index in [-0.39, 0.29) is 11.3 Å². The van der Waals surface area contributed by atoms with Gasteiger partial charge < -0.3 is 10.3 Å². The molecule has 0 aliphatic heterocycles. The van der Waals surface area contributed by atoms with E-state index in [1.54, 1.807) is 0 Å². The molecule has 0 spiro atoms. The molecule has 0 saturated carbocycles. The van der Waals surface area contributed by atoms with E-state index in [2.05, 4.69) is 10.3 Å². The maximum Gasteiger partial charge on any atom is 0.341 e. The minimum absolute atomic E-state index is 0.0109. The molecule has 6 nitrogen and oxygen atoms in total. The van der Waals surface area contributed by atoms with Crippen molar-refractivity contribution < 1.29 is 22.0 Å². The predicted octanol–water partition coefficient (Wildman–Crippen LogP) is 1.62. The quantitative estimate of drug-likeness (QED) is 0.891. The number of aromatic amines is 1. The molecule has 22 heavy (non-hydrogen) atoms. The van der Waals surface area contributed by atoms with Gasteiger partial charge in [-0.2, -0.15) is 8.78 Å². The summed E-state index contributed by atoms with van der Waals surface area (Å²) in [5, 5.41) is 2.33. The SMILES string of the molecule is O=C(Nc1ccc[nH]c1=O)c1ccc(S(=O)(=O)C(F)F)cc1. The second-order valence-corrected chi connectivity index (χ2v) is 6.11. The normalized spacial score (nSPS) is 11.4. The molecule has 2 N–H and O–H groups in total. The summed E-state index contributed by atoms with van der Waals surface area (Å²) in [4.78, 5) is 25.1. The van der Waals surface area contributed by atoms with Crippen molar-refractivity contribution in [1.82, 2.24) is 4.98 Å². The number of benzene rings is 1. The number of hydrogen-bond acceptors (Lipinski definition) is 4. The zero-order chi connectivity index (χ0) is 16.3. The highest BCUT2D eigenvalue weighted by atomic mass is 32.2. The van der Waals surface area contributed by atoms with Crippen molar-refractivity contribution in [3.05, 3.63) is 58.5 Å². The van der Waals surface area contributed by atoms with E-state index >= 15 is 0 Å². The summed E-state index contributed by atoms with van der Waals surface area (Å²) in [5.74, 6) is -4.20. The van der Waals surface area contributed by atoms with Crippen molar-refractivity contribution in [2.45, 2.75) is 10.7 Å². The van der Waals surface area contributed by atoms with Crippen LogP contribution in [-0.2, 0) is 9.84 Å². The summed E-state index contributed by atoms with van der Waals surface area (Å²) in [5.41, 5.74) is -0.471. The highest BCUT2D eigenvalue weighted by molar-refractivity contribution is 7.91. The van der Waals surface area contributed by atoms with Crippen LogP contribution in [0.2, 0.25) is 0 Å². The minimum atomic E-state index is -4.70. The Morgan fingerprint density at radius 2 is 1.77 bits per heavy atom. The molecule has 0 atom stereocenters. The van der Waals surface area contributed by atoms with Gasteiger partial charge in [0.25, 0.3) is 11.5 Å². The number of halogens is 2. The monoisotopic (exact) mass is 328 g/mol. The van der Waals surface area contributed by atoms with Gasteiger partial charge in [0.15, 0.2) is 0 Å². The van der Waals surface area contributed by atoms with Crippen molar-refractivity contribution >= 4 is 21.4 Å². The zero-order valence-corrected chi connectivity index (χ0v) is 11.7. The van der Waals surface area contributed by atoms with E-state index in [9.17, 15) is 26.8 Å². The van der Waals surface area contributed by atoms with Gasteiger partial charge in [-0.05, 0) is 36.4 Å². The first-order chi connectivity index (χ1) is 10.3. The lowest BCUT2D eigenvalue weighted by Crippen LogP contribution is -2.19. The van der Waals surface area contributed by atoms with E-state index < -0.39 is 32.0 Å². The van der Waals surface area contributed by atoms with Gasteiger partial charge in [0.2, 0.25) is 9.84 Å². The van der Waals surface area contributed by atoms with Crippen LogP contribution in [0.3, 0.4) is 0 Å². The largest absolute Gasteiger partial charge is 0.341 e. The summed E-state index contributed by atoms with van der Waals surface area (Å²) < 4.78 is 47.3. The van der Waals surface area contributed by atoms with E-state index in [4.69, 9.17) is 0 Å². The number of aromatic nitrogens is 1. The Hall–Kier alpha value is -2.55. The topological polar surface area (TPSA) is 96.1 Å². The fourth-order valence-electron chi connectivity index (χ4n) is 1.61. The predicted molar refractivity (Wildman–Crippen MR) is 74.6 cm³/mol. The van der Waals surface area contributed by atoms with E-state index in [0.717, 1.165) is 24.3 Å².